The lowest BCUT2D eigenvalue weighted by atomic mass is 10.1. The summed E-state index contributed by atoms with van der Waals surface area (Å²) in [6.45, 7) is 10.8. The van der Waals surface area contributed by atoms with Crippen LogP contribution in [0.3, 0.4) is 0 Å². The topological polar surface area (TPSA) is 105 Å². The first-order chi connectivity index (χ1) is 17.4. The highest BCUT2D eigenvalue weighted by molar-refractivity contribution is 9.10. The molecule has 11 heteroatoms. The van der Waals surface area contributed by atoms with Crippen molar-refractivity contribution < 1.29 is 18.5 Å². The first-order valence-corrected chi connectivity index (χ1v) is 14.6. The fourth-order valence-corrected chi connectivity index (χ4v) is 5.56. The molecular weight excluding hydrogens is 580 g/mol. The maximum Gasteiger partial charge on any atom is 0.410 e. The fourth-order valence-electron chi connectivity index (χ4n) is 3.95. The van der Waals surface area contributed by atoms with Crippen molar-refractivity contribution in [1.29, 1.82) is 0 Å². The van der Waals surface area contributed by atoms with Crippen LogP contribution < -0.4 is 11.1 Å². The summed E-state index contributed by atoms with van der Waals surface area (Å²) < 4.78 is 18.6. The van der Waals surface area contributed by atoms with Gasteiger partial charge in [0.05, 0.1) is 16.4 Å². The van der Waals surface area contributed by atoms with E-state index < -0.39 is 16.4 Å². The third kappa shape index (κ3) is 8.17. The molecule has 37 heavy (non-hydrogen) atoms. The third-order valence-electron chi connectivity index (χ3n) is 5.85. The molecule has 0 radical (unpaired) electrons. The van der Waals surface area contributed by atoms with Gasteiger partial charge in [-0.3, -0.25) is 13.9 Å². The number of piperazine rings is 1. The van der Waals surface area contributed by atoms with E-state index >= 15 is 0 Å². The first-order valence-electron chi connectivity index (χ1n) is 12.1. The summed E-state index contributed by atoms with van der Waals surface area (Å²) in [5, 5.41) is 3.38. The number of nitrogens with two attached hydrogens (primary N) is 1. The molecule has 1 saturated heterocycles. The minimum atomic E-state index is -1.17. The van der Waals surface area contributed by atoms with Crippen LogP contribution in [0, 0.1) is 0 Å². The Kier molecular flexibility index (Phi) is 10.0. The molecule has 1 fully saturated rings. The van der Waals surface area contributed by atoms with Crippen LogP contribution >= 0.6 is 27.5 Å². The molecule has 1 aliphatic heterocycles. The molecule has 8 nitrogen and oxygen atoms in total. The second-order valence-corrected chi connectivity index (χ2v) is 12.8. The van der Waals surface area contributed by atoms with E-state index in [0.29, 0.717) is 65.2 Å². The number of rotatable bonds is 7. The molecule has 1 aliphatic rings. The van der Waals surface area contributed by atoms with E-state index in [0.717, 1.165) is 10.0 Å². The van der Waals surface area contributed by atoms with Gasteiger partial charge in [0.25, 0.3) is 5.91 Å². The molecule has 0 bridgehead atoms. The van der Waals surface area contributed by atoms with Crippen LogP contribution in [0.15, 0.2) is 39.7 Å². The van der Waals surface area contributed by atoms with Crippen molar-refractivity contribution in [3.63, 3.8) is 0 Å². The van der Waals surface area contributed by atoms with Gasteiger partial charge in [0.1, 0.15) is 5.60 Å². The van der Waals surface area contributed by atoms with E-state index in [2.05, 4.69) is 26.1 Å². The molecule has 0 spiro atoms. The Hall–Kier alpha value is -2.14. The quantitative estimate of drug-likeness (QED) is 0.435. The number of hydrogen-bond acceptors (Lipinski definition) is 6. The van der Waals surface area contributed by atoms with Crippen molar-refractivity contribution in [2.75, 3.05) is 37.7 Å². The second kappa shape index (κ2) is 12.6. The van der Waals surface area contributed by atoms with E-state index in [1.54, 1.807) is 35.2 Å². The maximum absolute atomic E-state index is 12.9. The van der Waals surface area contributed by atoms with Crippen LogP contribution in [0.2, 0.25) is 5.02 Å². The van der Waals surface area contributed by atoms with Crippen molar-refractivity contribution in [2.24, 2.45) is 0 Å². The van der Waals surface area contributed by atoms with Gasteiger partial charge in [-0.05, 0) is 62.2 Å². The third-order valence-corrected chi connectivity index (χ3v) is 8.24. The number of hydrogen-bond donors (Lipinski definition) is 2. The van der Waals surface area contributed by atoms with Crippen molar-refractivity contribution in [3.05, 3.63) is 56.5 Å². The van der Waals surface area contributed by atoms with Crippen LogP contribution in [-0.4, -0.2) is 63.5 Å². The van der Waals surface area contributed by atoms with Gasteiger partial charge in [-0.1, -0.05) is 34.5 Å². The normalized spacial score (nSPS) is 15.4. The van der Waals surface area contributed by atoms with Crippen LogP contribution in [-0.2, 0) is 28.6 Å². The summed E-state index contributed by atoms with van der Waals surface area (Å²) in [5.74, 6) is 0.143. The molecule has 3 rings (SSSR count). The molecule has 1 unspecified atom stereocenters. The number of nitrogen functional groups attached to an aromatic ring is 1. The Bertz CT molecular complexity index is 1180. The van der Waals surface area contributed by atoms with Crippen molar-refractivity contribution in [3.8, 4) is 0 Å². The predicted molar refractivity (Wildman–Crippen MR) is 151 cm³/mol. The number of nitrogens with zero attached hydrogens (tertiary/aromatic N) is 2. The van der Waals surface area contributed by atoms with Crippen LogP contribution in [0.5, 0.6) is 0 Å². The summed E-state index contributed by atoms with van der Waals surface area (Å²) in [7, 11) is -1.17. The van der Waals surface area contributed by atoms with Gasteiger partial charge in [-0.15, -0.1) is 0 Å². The van der Waals surface area contributed by atoms with Crippen LogP contribution in [0.1, 0.15) is 49.2 Å². The van der Waals surface area contributed by atoms with Crippen LogP contribution in [0.25, 0.3) is 0 Å². The van der Waals surface area contributed by atoms with Crippen molar-refractivity contribution >= 4 is 56.0 Å². The van der Waals surface area contributed by atoms with Gasteiger partial charge in [0.15, 0.2) is 0 Å². The molecule has 1 heterocycles. The molecule has 0 aromatic heterocycles. The Labute approximate surface area is 234 Å². The van der Waals surface area contributed by atoms with E-state index in [1.807, 2.05) is 27.7 Å². The number of benzene rings is 2. The Morgan fingerprint density at radius 1 is 1.14 bits per heavy atom. The highest BCUT2D eigenvalue weighted by Gasteiger charge is 2.26. The average Bonchev–Trinajstić information content (AvgIpc) is 2.83. The van der Waals surface area contributed by atoms with Gasteiger partial charge < -0.3 is 20.7 Å². The zero-order valence-electron chi connectivity index (χ0n) is 21.6. The zero-order valence-corrected chi connectivity index (χ0v) is 24.8. The van der Waals surface area contributed by atoms with E-state index in [4.69, 9.17) is 22.1 Å². The molecule has 3 N–H and O–H groups in total. The van der Waals surface area contributed by atoms with Crippen LogP contribution in [0.4, 0.5) is 10.5 Å². The van der Waals surface area contributed by atoms with E-state index in [9.17, 15) is 13.8 Å². The summed E-state index contributed by atoms with van der Waals surface area (Å²) >= 11 is 9.71. The van der Waals surface area contributed by atoms with Gasteiger partial charge >= 0.3 is 6.09 Å². The number of amides is 2. The lowest BCUT2D eigenvalue weighted by molar-refractivity contribution is 0.0139. The minimum absolute atomic E-state index is 0.182. The van der Waals surface area contributed by atoms with Gasteiger partial charge in [-0.2, -0.15) is 0 Å². The maximum atomic E-state index is 12.9. The highest BCUT2D eigenvalue weighted by atomic mass is 79.9. The monoisotopic (exact) mass is 612 g/mol. The lowest BCUT2D eigenvalue weighted by Crippen LogP contribution is -2.49. The number of ether oxygens (including phenoxy) is 1. The standard InChI is InChI=1S/C26H34BrClN4O4S/c1-5-37(35)23-7-6-19(28)12-17(23)15-30-24(33)20-14-21(27)18(13-22(20)29)16-31-8-10-32(11-9-31)25(34)36-26(2,3)4/h6-7,12-14H,5,8-11,15-16,29H2,1-4H3,(H,30,33). The number of anilines is 1. The van der Waals surface area contributed by atoms with Crippen molar-refractivity contribution in [1.82, 2.24) is 15.1 Å². The zero-order chi connectivity index (χ0) is 27.3. The Morgan fingerprint density at radius 3 is 2.43 bits per heavy atom. The molecular formula is C26H34BrClN4O4S. The lowest BCUT2D eigenvalue weighted by Gasteiger charge is -2.35. The summed E-state index contributed by atoms with van der Waals surface area (Å²) in [6, 6.07) is 8.67. The fraction of sp³-hybridized carbons (Fsp3) is 0.462. The number of carbonyl (C=O) groups excluding carboxylic acids is 2. The molecule has 0 aliphatic carbocycles. The first kappa shape index (κ1) is 29.4. The second-order valence-electron chi connectivity index (χ2n) is 9.84. The van der Waals surface area contributed by atoms with Gasteiger partial charge in [-0.25, -0.2) is 4.79 Å². The van der Waals surface area contributed by atoms with E-state index in [-0.39, 0.29) is 18.5 Å². The Morgan fingerprint density at radius 2 is 1.81 bits per heavy atom. The molecule has 2 aromatic rings. The van der Waals surface area contributed by atoms with Gasteiger partial charge in [0.2, 0.25) is 0 Å². The molecule has 202 valence electrons. The minimum Gasteiger partial charge on any atom is -0.444 e. The number of nitrogens with one attached hydrogen (secondary N) is 1. The highest BCUT2D eigenvalue weighted by Crippen LogP contribution is 2.26. The average molecular weight is 614 g/mol. The number of carbonyl (C=O) groups is 2. The largest absolute Gasteiger partial charge is 0.444 e. The number of halogens is 2. The Balaban J connectivity index is 1.62. The predicted octanol–water partition coefficient (Wildman–Crippen LogP) is 4.79. The molecule has 1 atom stereocenters. The van der Waals surface area contributed by atoms with E-state index in [1.165, 1.54) is 0 Å². The summed E-state index contributed by atoms with van der Waals surface area (Å²) in [5.41, 5.74) is 8.13. The van der Waals surface area contributed by atoms with Crippen molar-refractivity contribution in [2.45, 2.75) is 51.3 Å². The smallest absolute Gasteiger partial charge is 0.410 e. The molecule has 2 aromatic carbocycles. The molecule has 0 saturated carbocycles. The van der Waals surface area contributed by atoms with Gasteiger partial charge in [0, 0.05) is 65.1 Å². The molecule has 2 amide bonds. The summed E-state index contributed by atoms with van der Waals surface area (Å²) in [6.07, 6.45) is -0.293. The SMILES string of the molecule is CCS(=O)c1ccc(Cl)cc1CNC(=O)c1cc(Br)c(CN2CCN(C(=O)OC(C)(C)C)CC2)cc1N. The summed E-state index contributed by atoms with van der Waals surface area (Å²) in [4.78, 5) is 29.9.